The lowest BCUT2D eigenvalue weighted by Gasteiger charge is -2.14. The first-order chi connectivity index (χ1) is 10.5. The van der Waals surface area contributed by atoms with E-state index in [2.05, 4.69) is 10.3 Å². The topological polar surface area (TPSA) is 75.4 Å². The first-order valence-corrected chi connectivity index (χ1v) is 6.74. The molecule has 0 radical (unpaired) electrons. The molecule has 2 aromatic rings. The number of pyridine rings is 1. The second-order valence-corrected chi connectivity index (χ2v) is 4.81. The van der Waals surface area contributed by atoms with Gasteiger partial charge in [-0.3, -0.25) is 9.59 Å². The zero-order valence-electron chi connectivity index (χ0n) is 12.4. The van der Waals surface area contributed by atoms with Crippen molar-refractivity contribution in [1.29, 1.82) is 0 Å². The molecule has 0 unspecified atom stereocenters. The molecule has 114 valence electrons. The molecule has 0 aromatic carbocycles. The van der Waals surface area contributed by atoms with Crippen LogP contribution in [0.3, 0.4) is 0 Å². The van der Waals surface area contributed by atoms with Gasteiger partial charge in [-0.15, -0.1) is 0 Å². The van der Waals surface area contributed by atoms with Crippen molar-refractivity contribution in [2.75, 3.05) is 18.9 Å². The summed E-state index contributed by atoms with van der Waals surface area (Å²) in [5.74, 6) is 0.455. The van der Waals surface area contributed by atoms with E-state index in [-0.39, 0.29) is 18.4 Å². The minimum atomic E-state index is -0.305. The van der Waals surface area contributed by atoms with Gasteiger partial charge in [0.15, 0.2) is 0 Å². The molecule has 6 nitrogen and oxygen atoms in total. The maximum Gasteiger partial charge on any atom is 0.246 e. The Kier molecular flexibility index (Phi) is 5.08. The number of likely N-dealkylation sites (N-methyl/N-ethyl adjacent to an activating group) is 1. The maximum atomic E-state index is 11.9. The van der Waals surface area contributed by atoms with Gasteiger partial charge < -0.3 is 14.6 Å². The van der Waals surface area contributed by atoms with Crippen LogP contribution in [0.15, 0.2) is 47.2 Å². The highest BCUT2D eigenvalue weighted by Gasteiger charge is 2.11. The number of anilines is 1. The van der Waals surface area contributed by atoms with E-state index in [0.717, 1.165) is 5.56 Å². The second kappa shape index (κ2) is 7.21. The molecule has 2 rings (SSSR count). The van der Waals surface area contributed by atoms with Gasteiger partial charge in [-0.05, 0) is 42.8 Å². The van der Waals surface area contributed by atoms with Crippen molar-refractivity contribution >= 4 is 23.7 Å². The molecule has 2 aromatic heterocycles. The van der Waals surface area contributed by atoms with Crippen molar-refractivity contribution in [2.24, 2.45) is 0 Å². The molecule has 0 bridgehead atoms. The predicted molar refractivity (Wildman–Crippen MR) is 83.0 cm³/mol. The molecule has 0 atom stereocenters. The number of furan rings is 1. The zero-order valence-corrected chi connectivity index (χ0v) is 12.4. The Balaban J connectivity index is 1.86. The Morgan fingerprint density at radius 2 is 2.23 bits per heavy atom. The van der Waals surface area contributed by atoms with Gasteiger partial charge in [0.2, 0.25) is 11.8 Å². The number of hydrogen-bond donors (Lipinski definition) is 1. The van der Waals surface area contributed by atoms with Crippen LogP contribution in [0.25, 0.3) is 6.08 Å². The minimum Gasteiger partial charge on any atom is -0.465 e. The summed E-state index contributed by atoms with van der Waals surface area (Å²) in [5.41, 5.74) is 0.996. The average Bonchev–Trinajstić information content (AvgIpc) is 2.97. The highest BCUT2D eigenvalue weighted by atomic mass is 16.3. The van der Waals surface area contributed by atoms with Crippen LogP contribution in [-0.4, -0.2) is 35.3 Å². The van der Waals surface area contributed by atoms with Crippen molar-refractivity contribution in [3.05, 3.63) is 54.1 Å². The summed E-state index contributed by atoms with van der Waals surface area (Å²) >= 11 is 0. The van der Waals surface area contributed by atoms with E-state index in [1.165, 1.54) is 17.2 Å². The highest BCUT2D eigenvalue weighted by molar-refractivity contribution is 5.97. The number of rotatable bonds is 5. The number of carbonyl (C=O) groups excluding carboxylic acids is 2. The van der Waals surface area contributed by atoms with E-state index in [1.54, 1.807) is 37.5 Å². The number of amides is 2. The molecule has 0 saturated carbocycles. The van der Waals surface area contributed by atoms with Crippen LogP contribution in [0, 0.1) is 6.92 Å². The van der Waals surface area contributed by atoms with Crippen LogP contribution in [-0.2, 0) is 9.59 Å². The van der Waals surface area contributed by atoms with E-state index in [0.29, 0.717) is 11.6 Å². The van der Waals surface area contributed by atoms with Crippen molar-refractivity contribution in [3.8, 4) is 0 Å². The first-order valence-electron chi connectivity index (χ1n) is 6.74. The van der Waals surface area contributed by atoms with Crippen LogP contribution in [0.2, 0.25) is 0 Å². The minimum absolute atomic E-state index is 0.0586. The summed E-state index contributed by atoms with van der Waals surface area (Å²) in [4.78, 5) is 29.1. The monoisotopic (exact) mass is 299 g/mol. The van der Waals surface area contributed by atoms with Gasteiger partial charge in [0.05, 0.1) is 12.8 Å². The number of aromatic nitrogens is 1. The molecular formula is C16H17N3O3. The molecule has 0 saturated heterocycles. The molecule has 2 amide bonds. The average molecular weight is 299 g/mol. The molecule has 0 aliphatic rings. The summed E-state index contributed by atoms with van der Waals surface area (Å²) in [7, 11) is 1.55. The number of nitrogens with zero attached hydrogens (tertiary/aromatic N) is 2. The van der Waals surface area contributed by atoms with Crippen molar-refractivity contribution in [3.63, 3.8) is 0 Å². The lowest BCUT2D eigenvalue weighted by atomic mass is 10.3. The van der Waals surface area contributed by atoms with Crippen LogP contribution < -0.4 is 5.32 Å². The van der Waals surface area contributed by atoms with Gasteiger partial charge in [0.1, 0.15) is 11.6 Å². The fourth-order valence-corrected chi connectivity index (χ4v) is 1.75. The third-order valence-corrected chi connectivity index (χ3v) is 2.87. The number of carbonyl (C=O) groups is 2. The van der Waals surface area contributed by atoms with Crippen LogP contribution in [0.1, 0.15) is 11.3 Å². The Bertz CT molecular complexity index is 678. The third-order valence-electron chi connectivity index (χ3n) is 2.87. The Labute approximate surface area is 128 Å². The summed E-state index contributed by atoms with van der Waals surface area (Å²) in [5, 5.41) is 2.65. The summed E-state index contributed by atoms with van der Waals surface area (Å²) in [6, 6.07) is 7.07. The lowest BCUT2D eigenvalue weighted by molar-refractivity contribution is -0.129. The standard InChI is InChI=1S/C16H17N3O3/c1-12-7-8-17-14(10-12)18-15(20)11-19(2)16(21)6-5-13-4-3-9-22-13/h3-10H,11H2,1-2H3,(H,17,18,20). The smallest absolute Gasteiger partial charge is 0.246 e. The molecule has 2 heterocycles. The molecule has 0 aliphatic heterocycles. The number of nitrogens with one attached hydrogen (secondary N) is 1. The molecule has 0 aliphatic carbocycles. The molecular weight excluding hydrogens is 282 g/mol. The van der Waals surface area contributed by atoms with E-state index in [9.17, 15) is 9.59 Å². The van der Waals surface area contributed by atoms with Gasteiger partial charge >= 0.3 is 0 Å². The third kappa shape index (κ3) is 4.59. The summed E-state index contributed by atoms with van der Waals surface area (Å²) < 4.78 is 5.09. The SMILES string of the molecule is Cc1ccnc(NC(=O)CN(C)C(=O)C=Cc2ccco2)c1. The Morgan fingerprint density at radius 3 is 2.91 bits per heavy atom. The molecule has 0 spiro atoms. The van der Waals surface area contributed by atoms with Gasteiger partial charge in [-0.2, -0.15) is 0 Å². The zero-order chi connectivity index (χ0) is 15.9. The van der Waals surface area contributed by atoms with Crippen molar-refractivity contribution in [2.45, 2.75) is 6.92 Å². The van der Waals surface area contributed by atoms with E-state index >= 15 is 0 Å². The molecule has 6 heteroatoms. The fourth-order valence-electron chi connectivity index (χ4n) is 1.75. The molecule has 0 fully saturated rings. The summed E-state index contributed by atoms with van der Waals surface area (Å²) in [6.07, 6.45) is 6.05. The normalized spacial score (nSPS) is 10.6. The number of aryl methyl sites for hydroxylation is 1. The van der Waals surface area contributed by atoms with E-state index < -0.39 is 0 Å². The van der Waals surface area contributed by atoms with E-state index in [4.69, 9.17) is 4.42 Å². The Hall–Kier alpha value is -2.89. The van der Waals surface area contributed by atoms with Gasteiger partial charge in [0, 0.05) is 19.3 Å². The van der Waals surface area contributed by atoms with Gasteiger partial charge in [0.25, 0.3) is 0 Å². The maximum absolute atomic E-state index is 11.9. The quantitative estimate of drug-likeness (QED) is 0.858. The highest BCUT2D eigenvalue weighted by Crippen LogP contribution is 2.06. The van der Waals surface area contributed by atoms with Gasteiger partial charge in [-0.1, -0.05) is 0 Å². The first kappa shape index (κ1) is 15.5. The fraction of sp³-hybridized carbons (Fsp3) is 0.188. The number of hydrogen-bond acceptors (Lipinski definition) is 4. The molecule has 22 heavy (non-hydrogen) atoms. The van der Waals surface area contributed by atoms with E-state index in [1.807, 2.05) is 13.0 Å². The van der Waals surface area contributed by atoms with Crippen LogP contribution in [0.5, 0.6) is 0 Å². The van der Waals surface area contributed by atoms with Crippen LogP contribution >= 0.6 is 0 Å². The van der Waals surface area contributed by atoms with Crippen LogP contribution in [0.4, 0.5) is 5.82 Å². The second-order valence-electron chi connectivity index (χ2n) is 4.81. The van der Waals surface area contributed by atoms with Crippen molar-refractivity contribution in [1.82, 2.24) is 9.88 Å². The Morgan fingerprint density at radius 1 is 1.41 bits per heavy atom. The molecule has 1 N–H and O–H groups in total. The van der Waals surface area contributed by atoms with Gasteiger partial charge in [-0.25, -0.2) is 4.98 Å². The largest absolute Gasteiger partial charge is 0.465 e. The lowest BCUT2D eigenvalue weighted by Crippen LogP contribution is -2.34. The summed E-state index contributed by atoms with van der Waals surface area (Å²) in [6.45, 7) is 1.85. The van der Waals surface area contributed by atoms with Crippen molar-refractivity contribution < 1.29 is 14.0 Å². The predicted octanol–water partition coefficient (Wildman–Crippen LogP) is 2.09.